The highest BCUT2D eigenvalue weighted by Crippen LogP contribution is 2.23. The van der Waals surface area contributed by atoms with Gasteiger partial charge in [-0.1, -0.05) is 32.0 Å². The highest BCUT2D eigenvalue weighted by atomic mass is 16.5. The molecule has 0 bridgehead atoms. The van der Waals surface area contributed by atoms with Gasteiger partial charge in [-0.25, -0.2) is 0 Å². The zero-order chi connectivity index (χ0) is 13.8. The lowest BCUT2D eigenvalue weighted by molar-refractivity contribution is -0.133. The number of amides is 1. The van der Waals surface area contributed by atoms with Crippen molar-refractivity contribution in [2.24, 2.45) is 11.7 Å². The Kier molecular flexibility index (Phi) is 4.43. The number of fused-ring (bicyclic) bond motifs is 1. The molecule has 0 saturated heterocycles. The van der Waals surface area contributed by atoms with E-state index in [-0.39, 0.29) is 5.91 Å². The second-order valence-electron chi connectivity index (χ2n) is 5.45. The van der Waals surface area contributed by atoms with E-state index in [1.165, 1.54) is 0 Å². The number of nitrogens with zero attached hydrogens (tertiary/aromatic N) is 1. The SMILES string of the molecule is CC(C)CC(N)C(=O)N1CCOc2ccccc2C1. The number of ether oxygens (including phenoxy) is 1. The summed E-state index contributed by atoms with van der Waals surface area (Å²) in [5.41, 5.74) is 7.03. The van der Waals surface area contributed by atoms with Crippen LogP contribution in [0, 0.1) is 5.92 Å². The Balaban J connectivity index is 2.07. The van der Waals surface area contributed by atoms with E-state index < -0.39 is 6.04 Å². The van der Waals surface area contributed by atoms with Crippen LogP contribution in [-0.4, -0.2) is 30.0 Å². The van der Waals surface area contributed by atoms with Crippen LogP contribution in [0.4, 0.5) is 0 Å². The Morgan fingerprint density at radius 3 is 2.89 bits per heavy atom. The molecule has 1 amide bonds. The summed E-state index contributed by atoms with van der Waals surface area (Å²) < 4.78 is 5.65. The van der Waals surface area contributed by atoms with Crippen LogP contribution in [0.15, 0.2) is 24.3 Å². The fourth-order valence-electron chi connectivity index (χ4n) is 2.36. The van der Waals surface area contributed by atoms with E-state index in [9.17, 15) is 4.79 Å². The summed E-state index contributed by atoms with van der Waals surface area (Å²) in [5, 5.41) is 0. The van der Waals surface area contributed by atoms with Gasteiger partial charge in [0.2, 0.25) is 5.91 Å². The first-order valence-electron chi connectivity index (χ1n) is 6.83. The molecule has 1 aromatic carbocycles. The number of para-hydroxylation sites is 1. The number of benzene rings is 1. The van der Waals surface area contributed by atoms with Crippen molar-refractivity contribution in [3.8, 4) is 5.75 Å². The average Bonchev–Trinajstić information content (AvgIpc) is 2.58. The third-order valence-corrected chi connectivity index (χ3v) is 3.31. The molecular formula is C15H22N2O2. The van der Waals surface area contributed by atoms with Gasteiger partial charge in [0, 0.05) is 12.1 Å². The largest absolute Gasteiger partial charge is 0.491 e. The highest BCUT2D eigenvalue weighted by Gasteiger charge is 2.24. The maximum absolute atomic E-state index is 12.3. The van der Waals surface area contributed by atoms with Gasteiger partial charge in [0.1, 0.15) is 12.4 Å². The summed E-state index contributed by atoms with van der Waals surface area (Å²) in [6, 6.07) is 7.43. The predicted molar refractivity (Wildman–Crippen MR) is 74.8 cm³/mol. The third kappa shape index (κ3) is 3.47. The van der Waals surface area contributed by atoms with Gasteiger partial charge in [-0.2, -0.15) is 0 Å². The molecule has 0 spiro atoms. The van der Waals surface area contributed by atoms with Gasteiger partial charge in [-0.05, 0) is 18.4 Å². The van der Waals surface area contributed by atoms with Crippen molar-refractivity contribution < 1.29 is 9.53 Å². The van der Waals surface area contributed by atoms with Crippen LogP contribution in [0.25, 0.3) is 0 Å². The molecule has 0 saturated carbocycles. The van der Waals surface area contributed by atoms with Gasteiger partial charge in [0.15, 0.2) is 0 Å². The van der Waals surface area contributed by atoms with Crippen LogP contribution >= 0.6 is 0 Å². The summed E-state index contributed by atoms with van der Waals surface area (Å²) in [5.74, 6) is 1.32. The topological polar surface area (TPSA) is 55.6 Å². The minimum Gasteiger partial charge on any atom is -0.491 e. The first kappa shape index (κ1) is 13.9. The molecule has 0 fully saturated rings. The summed E-state index contributed by atoms with van der Waals surface area (Å²) >= 11 is 0. The highest BCUT2D eigenvalue weighted by molar-refractivity contribution is 5.81. The summed E-state index contributed by atoms with van der Waals surface area (Å²) in [4.78, 5) is 14.1. The van der Waals surface area contributed by atoms with Crippen molar-refractivity contribution in [1.82, 2.24) is 4.90 Å². The van der Waals surface area contributed by atoms with E-state index in [0.717, 1.165) is 17.7 Å². The molecule has 2 N–H and O–H groups in total. The van der Waals surface area contributed by atoms with Gasteiger partial charge >= 0.3 is 0 Å². The van der Waals surface area contributed by atoms with E-state index in [4.69, 9.17) is 10.5 Å². The Hall–Kier alpha value is -1.55. The standard InChI is InChI=1S/C15H22N2O2/c1-11(2)9-13(16)15(18)17-7-8-19-14-6-4-3-5-12(14)10-17/h3-6,11,13H,7-10,16H2,1-2H3. The molecule has 0 aliphatic carbocycles. The Morgan fingerprint density at radius 1 is 1.42 bits per heavy atom. The molecule has 1 aliphatic heterocycles. The molecule has 1 unspecified atom stereocenters. The van der Waals surface area contributed by atoms with Crippen LogP contribution in [0.2, 0.25) is 0 Å². The molecule has 1 heterocycles. The van der Waals surface area contributed by atoms with Crippen LogP contribution < -0.4 is 10.5 Å². The lowest BCUT2D eigenvalue weighted by atomic mass is 10.0. The first-order valence-corrected chi connectivity index (χ1v) is 6.83. The van der Waals surface area contributed by atoms with Crippen molar-refractivity contribution in [1.29, 1.82) is 0 Å². The minimum atomic E-state index is -0.412. The Labute approximate surface area is 114 Å². The first-order chi connectivity index (χ1) is 9.08. The monoisotopic (exact) mass is 262 g/mol. The number of carbonyl (C=O) groups is 1. The van der Waals surface area contributed by atoms with E-state index in [1.807, 2.05) is 24.3 Å². The smallest absolute Gasteiger partial charge is 0.239 e. The maximum atomic E-state index is 12.3. The third-order valence-electron chi connectivity index (χ3n) is 3.31. The minimum absolute atomic E-state index is 0.0222. The molecular weight excluding hydrogens is 240 g/mol. The summed E-state index contributed by atoms with van der Waals surface area (Å²) in [7, 11) is 0. The van der Waals surface area contributed by atoms with Crippen molar-refractivity contribution >= 4 is 5.91 Å². The van der Waals surface area contributed by atoms with Crippen molar-refractivity contribution in [3.63, 3.8) is 0 Å². The zero-order valence-corrected chi connectivity index (χ0v) is 11.6. The van der Waals surface area contributed by atoms with E-state index in [2.05, 4.69) is 13.8 Å². The molecule has 1 atom stereocenters. The van der Waals surface area contributed by atoms with Gasteiger partial charge in [-0.15, -0.1) is 0 Å². The molecule has 4 heteroatoms. The lowest BCUT2D eigenvalue weighted by Gasteiger charge is -2.24. The van der Waals surface area contributed by atoms with Crippen molar-refractivity contribution in [2.75, 3.05) is 13.2 Å². The van der Waals surface area contributed by atoms with Gasteiger partial charge < -0.3 is 15.4 Å². The summed E-state index contributed by atoms with van der Waals surface area (Å²) in [6.45, 7) is 5.86. The molecule has 1 aliphatic rings. The number of carbonyl (C=O) groups excluding carboxylic acids is 1. The normalized spacial score (nSPS) is 16.5. The molecule has 104 valence electrons. The second kappa shape index (κ2) is 6.06. The van der Waals surface area contributed by atoms with Crippen molar-refractivity contribution in [2.45, 2.75) is 32.9 Å². The predicted octanol–water partition coefficient (Wildman–Crippen LogP) is 1.78. The lowest BCUT2D eigenvalue weighted by Crippen LogP contribution is -2.44. The van der Waals surface area contributed by atoms with Crippen molar-refractivity contribution in [3.05, 3.63) is 29.8 Å². The fraction of sp³-hybridized carbons (Fsp3) is 0.533. The van der Waals surface area contributed by atoms with Gasteiger partial charge in [-0.3, -0.25) is 4.79 Å². The molecule has 0 radical (unpaired) electrons. The number of rotatable bonds is 3. The summed E-state index contributed by atoms with van der Waals surface area (Å²) in [6.07, 6.45) is 0.720. The van der Waals surface area contributed by atoms with Gasteiger partial charge in [0.25, 0.3) is 0 Å². The Bertz CT molecular complexity index is 446. The van der Waals surface area contributed by atoms with E-state index >= 15 is 0 Å². The van der Waals surface area contributed by atoms with Crippen LogP contribution in [0.3, 0.4) is 0 Å². The van der Waals surface area contributed by atoms with Crippen LogP contribution in [0.1, 0.15) is 25.8 Å². The number of hydrogen-bond donors (Lipinski definition) is 1. The maximum Gasteiger partial charge on any atom is 0.239 e. The van der Waals surface area contributed by atoms with E-state index in [1.54, 1.807) is 4.90 Å². The molecule has 1 aromatic rings. The van der Waals surface area contributed by atoms with Gasteiger partial charge in [0.05, 0.1) is 12.6 Å². The molecule has 19 heavy (non-hydrogen) atoms. The molecule has 2 rings (SSSR count). The van der Waals surface area contributed by atoms with Crippen LogP contribution in [-0.2, 0) is 11.3 Å². The second-order valence-corrected chi connectivity index (χ2v) is 5.45. The number of hydrogen-bond acceptors (Lipinski definition) is 3. The quantitative estimate of drug-likeness (QED) is 0.903. The van der Waals surface area contributed by atoms with Crippen LogP contribution in [0.5, 0.6) is 5.75 Å². The average molecular weight is 262 g/mol. The zero-order valence-electron chi connectivity index (χ0n) is 11.6. The molecule has 0 aromatic heterocycles. The molecule has 4 nitrogen and oxygen atoms in total. The fourth-order valence-corrected chi connectivity index (χ4v) is 2.36. The Morgan fingerprint density at radius 2 is 2.16 bits per heavy atom. The van der Waals surface area contributed by atoms with E-state index in [0.29, 0.717) is 25.6 Å². The number of nitrogens with two attached hydrogens (primary N) is 1.